The van der Waals surface area contributed by atoms with Crippen LogP contribution >= 0.6 is 11.8 Å². The Balaban J connectivity index is 2.01. The average Bonchev–Trinajstić information content (AvgIpc) is 2.97. The Labute approximate surface area is 119 Å². The van der Waals surface area contributed by atoms with Crippen LogP contribution in [0.2, 0.25) is 0 Å². The number of amides is 1. The van der Waals surface area contributed by atoms with E-state index in [-0.39, 0.29) is 5.91 Å². The normalized spacial score (nSPS) is 18.5. The lowest BCUT2D eigenvalue weighted by Gasteiger charge is -2.24. The van der Waals surface area contributed by atoms with Crippen molar-refractivity contribution in [2.45, 2.75) is 30.7 Å². The Morgan fingerprint density at radius 2 is 2.16 bits per heavy atom. The molecule has 2 rings (SSSR count). The van der Waals surface area contributed by atoms with Crippen molar-refractivity contribution < 1.29 is 4.79 Å². The van der Waals surface area contributed by atoms with Gasteiger partial charge in [-0.25, -0.2) is 0 Å². The molecule has 1 aliphatic rings. The minimum absolute atomic E-state index is 0.142. The van der Waals surface area contributed by atoms with Crippen molar-refractivity contribution in [2.75, 3.05) is 25.9 Å². The predicted octanol–water partition coefficient (Wildman–Crippen LogP) is 2.62. The molecule has 1 N–H and O–H groups in total. The molecule has 1 atom stereocenters. The third-order valence-corrected chi connectivity index (χ3v) is 4.35. The summed E-state index contributed by atoms with van der Waals surface area (Å²) in [7, 11) is 0. The summed E-state index contributed by atoms with van der Waals surface area (Å²) in [6.07, 6.45) is 4.44. The molecule has 4 heteroatoms. The van der Waals surface area contributed by atoms with Gasteiger partial charge in [0.15, 0.2) is 0 Å². The third-order valence-electron chi connectivity index (χ3n) is 3.61. The summed E-state index contributed by atoms with van der Waals surface area (Å²) in [4.78, 5) is 15.6. The van der Waals surface area contributed by atoms with E-state index >= 15 is 0 Å². The largest absolute Gasteiger partial charge is 0.337 e. The Morgan fingerprint density at radius 3 is 2.68 bits per heavy atom. The molecule has 0 saturated carbocycles. The molecule has 1 amide bonds. The summed E-state index contributed by atoms with van der Waals surface area (Å²) in [5.74, 6) is 0.142. The standard InChI is InChI=1S/C15H22N2OS/c1-3-17(11-13-5-4-10-16-13)15(18)12-6-8-14(19-2)9-7-12/h6-9,13,16H,3-5,10-11H2,1-2H3. The number of rotatable bonds is 5. The molecule has 1 aromatic carbocycles. The Kier molecular flexibility index (Phi) is 5.28. The van der Waals surface area contributed by atoms with Crippen molar-refractivity contribution in [3.8, 4) is 0 Å². The molecule has 19 heavy (non-hydrogen) atoms. The van der Waals surface area contributed by atoms with Gasteiger partial charge in [-0.2, -0.15) is 0 Å². The van der Waals surface area contributed by atoms with Gasteiger partial charge in [-0.15, -0.1) is 11.8 Å². The smallest absolute Gasteiger partial charge is 0.253 e. The first-order valence-corrected chi connectivity index (χ1v) is 8.13. The number of carbonyl (C=O) groups is 1. The molecule has 1 aliphatic heterocycles. The van der Waals surface area contributed by atoms with Crippen LogP contribution in [-0.2, 0) is 0 Å². The highest BCUT2D eigenvalue weighted by atomic mass is 32.2. The monoisotopic (exact) mass is 278 g/mol. The van der Waals surface area contributed by atoms with E-state index in [1.165, 1.54) is 17.7 Å². The van der Waals surface area contributed by atoms with E-state index in [0.29, 0.717) is 6.04 Å². The summed E-state index contributed by atoms with van der Waals surface area (Å²) in [6, 6.07) is 8.35. The highest BCUT2D eigenvalue weighted by molar-refractivity contribution is 7.98. The number of benzene rings is 1. The lowest BCUT2D eigenvalue weighted by atomic mass is 10.1. The highest BCUT2D eigenvalue weighted by Crippen LogP contribution is 2.16. The van der Waals surface area contributed by atoms with Gasteiger partial charge in [0, 0.05) is 29.6 Å². The SMILES string of the molecule is CCN(CC1CCCN1)C(=O)c1ccc(SC)cc1. The molecule has 1 aromatic rings. The molecular formula is C15H22N2OS. The van der Waals surface area contributed by atoms with Crippen LogP contribution in [-0.4, -0.2) is 42.7 Å². The number of likely N-dealkylation sites (N-methyl/N-ethyl adjacent to an activating group) is 1. The molecule has 0 bridgehead atoms. The topological polar surface area (TPSA) is 32.3 Å². The number of hydrogen-bond donors (Lipinski definition) is 1. The zero-order chi connectivity index (χ0) is 13.7. The second-order valence-corrected chi connectivity index (χ2v) is 5.75. The number of hydrogen-bond acceptors (Lipinski definition) is 3. The van der Waals surface area contributed by atoms with Crippen LogP contribution in [0, 0.1) is 0 Å². The van der Waals surface area contributed by atoms with E-state index in [0.717, 1.165) is 25.2 Å². The van der Waals surface area contributed by atoms with Crippen LogP contribution in [0.1, 0.15) is 30.1 Å². The molecule has 3 nitrogen and oxygen atoms in total. The summed E-state index contributed by atoms with van der Waals surface area (Å²) in [6.45, 7) is 4.71. The van der Waals surface area contributed by atoms with Gasteiger partial charge in [-0.05, 0) is 56.8 Å². The lowest BCUT2D eigenvalue weighted by molar-refractivity contribution is 0.0751. The second kappa shape index (κ2) is 6.96. The molecule has 104 valence electrons. The van der Waals surface area contributed by atoms with Crippen LogP contribution in [0.5, 0.6) is 0 Å². The molecule has 0 spiro atoms. The van der Waals surface area contributed by atoms with Gasteiger partial charge in [0.1, 0.15) is 0 Å². The maximum absolute atomic E-state index is 12.5. The number of nitrogens with one attached hydrogen (secondary N) is 1. The molecule has 1 heterocycles. The van der Waals surface area contributed by atoms with E-state index in [4.69, 9.17) is 0 Å². The van der Waals surface area contributed by atoms with Gasteiger partial charge in [-0.3, -0.25) is 4.79 Å². The van der Waals surface area contributed by atoms with E-state index < -0.39 is 0 Å². The zero-order valence-corrected chi connectivity index (χ0v) is 12.5. The highest BCUT2D eigenvalue weighted by Gasteiger charge is 2.21. The first-order valence-electron chi connectivity index (χ1n) is 6.91. The fourth-order valence-corrected chi connectivity index (χ4v) is 2.86. The summed E-state index contributed by atoms with van der Waals surface area (Å²) >= 11 is 1.69. The fourth-order valence-electron chi connectivity index (χ4n) is 2.45. The molecule has 1 fully saturated rings. The fraction of sp³-hybridized carbons (Fsp3) is 0.533. The predicted molar refractivity (Wildman–Crippen MR) is 80.8 cm³/mol. The van der Waals surface area contributed by atoms with Gasteiger partial charge in [0.05, 0.1) is 0 Å². The minimum atomic E-state index is 0.142. The quantitative estimate of drug-likeness (QED) is 0.840. The lowest BCUT2D eigenvalue weighted by Crippen LogP contribution is -2.41. The van der Waals surface area contributed by atoms with Crippen LogP contribution < -0.4 is 5.32 Å². The van der Waals surface area contributed by atoms with E-state index in [1.807, 2.05) is 42.3 Å². The average molecular weight is 278 g/mol. The van der Waals surface area contributed by atoms with Crippen molar-refractivity contribution in [1.82, 2.24) is 10.2 Å². The number of nitrogens with zero attached hydrogens (tertiary/aromatic N) is 1. The Morgan fingerprint density at radius 1 is 1.42 bits per heavy atom. The first kappa shape index (κ1) is 14.4. The van der Waals surface area contributed by atoms with Crippen LogP contribution in [0.15, 0.2) is 29.2 Å². The Bertz CT molecular complexity index is 413. The van der Waals surface area contributed by atoms with Crippen LogP contribution in [0.25, 0.3) is 0 Å². The number of carbonyl (C=O) groups excluding carboxylic acids is 1. The van der Waals surface area contributed by atoms with Gasteiger partial charge in [0.2, 0.25) is 0 Å². The van der Waals surface area contributed by atoms with Crippen molar-refractivity contribution in [3.05, 3.63) is 29.8 Å². The number of thioether (sulfide) groups is 1. The van der Waals surface area contributed by atoms with Crippen molar-refractivity contribution in [3.63, 3.8) is 0 Å². The summed E-state index contributed by atoms with van der Waals surface area (Å²) in [5.41, 5.74) is 0.789. The van der Waals surface area contributed by atoms with Crippen molar-refractivity contribution in [2.24, 2.45) is 0 Å². The molecule has 0 radical (unpaired) electrons. The van der Waals surface area contributed by atoms with E-state index in [9.17, 15) is 4.79 Å². The van der Waals surface area contributed by atoms with Gasteiger partial charge in [-0.1, -0.05) is 0 Å². The van der Waals surface area contributed by atoms with Gasteiger partial charge < -0.3 is 10.2 Å². The van der Waals surface area contributed by atoms with Crippen LogP contribution in [0.3, 0.4) is 0 Å². The van der Waals surface area contributed by atoms with Crippen LogP contribution in [0.4, 0.5) is 0 Å². The minimum Gasteiger partial charge on any atom is -0.337 e. The molecule has 1 unspecified atom stereocenters. The summed E-state index contributed by atoms with van der Waals surface area (Å²) in [5, 5.41) is 3.45. The Hall–Kier alpha value is -1.00. The molecule has 1 saturated heterocycles. The second-order valence-electron chi connectivity index (χ2n) is 4.87. The third kappa shape index (κ3) is 3.74. The molecular weight excluding hydrogens is 256 g/mol. The van der Waals surface area contributed by atoms with Gasteiger partial charge in [0.25, 0.3) is 5.91 Å². The zero-order valence-electron chi connectivity index (χ0n) is 11.7. The van der Waals surface area contributed by atoms with E-state index in [1.54, 1.807) is 11.8 Å². The van der Waals surface area contributed by atoms with E-state index in [2.05, 4.69) is 5.32 Å². The maximum atomic E-state index is 12.5. The van der Waals surface area contributed by atoms with Crippen molar-refractivity contribution in [1.29, 1.82) is 0 Å². The molecule has 0 aliphatic carbocycles. The van der Waals surface area contributed by atoms with Gasteiger partial charge >= 0.3 is 0 Å². The molecule has 0 aromatic heterocycles. The summed E-state index contributed by atoms with van der Waals surface area (Å²) < 4.78 is 0. The van der Waals surface area contributed by atoms with Crippen molar-refractivity contribution >= 4 is 17.7 Å². The first-order chi connectivity index (χ1) is 9.24. The maximum Gasteiger partial charge on any atom is 0.253 e.